The van der Waals surface area contributed by atoms with Crippen molar-refractivity contribution < 1.29 is 9.18 Å². The van der Waals surface area contributed by atoms with Crippen LogP contribution in [0.3, 0.4) is 0 Å². The fourth-order valence-electron chi connectivity index (χ4n) is 4.04. The van der Waals surface area contributed by atoms with E-state index >= 15 is 0 Å². The zero-order valence-corrected chi connectivity index (χ0v) is 15.9. The Morgan fingerprint density at radius 2 is 1.92 bits per heavy atom. The number of carbonyl (C=O) groups excluding carboxylic acids is 1. The molecule has 0 N–H and O–H groups in total. The Kier molecular flexibility index (Phi) is 5.05. The molecule has 1 aromatic carbocycles. The van der Waals surface area contributed by atoms with Crippen molar-refractivity contribution in [3.8, 4) is 10.6 Å². The molecule has 26 heavy (non-hydrogen) atoms. The molecule has 1 saturated heterocycles. The van der Waals surface area contributed by atoms with Crippen molar-refractivity contribution in [3.63, 3.8) is 0 Å². The molecule has 0 atom stereocenters. The minimum absolute atomic E-state index is 0.0636. The van der Waals surface area contributed by atoms with Gasteiger partial charge in [-0.15, -0.1) is 11.3 Å². The summed E-state index contributed by atoms with van der Waals surface area (Å²) in [6.07, 6.45) is 5.29. The Morgan fingerprint density at radius 3 is 2.62 bits per heavy atom. The molecule has 2 aromatic rings. The maximum absolute atomic E-state index is 13.5. The average molecular weight is 373 g/mol. The molecule has 2 heterocycles. The summed E-state index contributed by atoms with van der Waals surface area (Å²) >= 11 is 1.37. The smallest absolute Gasteiger partial charge is 0.265 e. The van der Waals surface area contributed by atoms with E-state index in [1.54, 1.807) is 6.07 Å². The lowest BCUT2D eigenvalue weighted by Crippen LogP contribution is -2.51. The first-order valence-electron chi connectivity index (χ1n) is 9.38. The average Bonchev–Trinajstić information content (AvgIpc) is 3.31. The Morgan fingerprint density at radius 1 is 1.19 bits per heavy atom. The fourth-order valence-corrected chi connectivity index (χ4v) is 5.07. The summed E-state index contributed by atoms with van der Waals surface area (Å²) in [7, 11) is 0. The molecule has 1 aromatic heterocycles. The molecule has 1 saturated carbocycles. The molecule has 4 rings (SSSR count). The molecule has 2 aliphatic rings. The molecule has 1 amide bonds. The van der Waals surface area contributed by atoms with Gasteiger partial charge in [-0.25, -0.2) is 9.37 Å². The monoisotopic (exact) mass is 373 g/mol. The second kappa shape index (κ2) is 7.45. The van der Waals surface area contributed by atoms with E-state index in [1.165, 1.54) is 49.2 Å². The van der Waals surface area contributed by atoms with Crippen molar-refractivity contribution in [2.45, 2.75) is 38.6 Å². The number of piperazine rings is 1. The molecule has 0 unspecified atom stereocenters. The third-order valence-corrected chi connectivity index (χ3v) is 6.70. The van der Waals surface area contributed by atoms with Gasteiger partial charge in [-0.05, 0) is 31.9 Å². The number of aromatic nitrogens is 1. The number of aryl methyl sites for hydroxylation is 1. The van der Waals surface area contributed by atoms with Gasteiger partial charge >= 0.3 is 0 Å². The molecule has 1 aliphatic carbocycles. The normalized spacial score (nSPS) is 19.2. The Hall–Kier alpha value is -1.79. The van der Waals surface area contributed by atoms with Gasteiger partial charge in [-0.1, -0.05) is 25.0 Å². The van der Waals surface area contributed by atoms with E-state index in [2.05, 4.69) is 9.88 Å². The summed E-state index contributed by atoms with van der Waals surface area (Å²) < 4.78 is 13.5. The minimum Gasteiger partial charge on any atom is -0.335 e. The van der Waals surface area contributed by atoms with Crippen LogP contribution >= 0.6 is 11.3 Å². The highest BCUT2D eigenvalue weighted by Crippen LogP contribution is 2.30. The van der Waals surface area contributed by atoms with Gasteiger partial charge in [0.25, 0.3) is 5.91 Å². The molecule has 6 heteroatoms. The maximum atomic E-state index is 13.5. The van der Waals surface area contributed by atoms with Crippen molar-refractivity contribution in [2.24, 2.45) is 0 Å². The molecule has 0 bridgehead atoms. The lowest BCUT2D eigenvalue weighted by atomic mass is 10.1. The van der Waals surface area contributed by atoms with Gasteiger partial charge in [0.05, 0.1) is 5.69 Å². The zero-order valence-electron chi connectivity index (χ0n) is 15.1. The third-order valence-electron chi connectivity index (χ3n) is 5.50. The van der Waals surface area contributed by atoms with E-state index in [4.69, 9.17) is 0 Å². The second-order valence-corrected chi connectivity index (χ2v) is 8.21. The van der Waals surface area contributed by atoms with Crippen LogP contribution in [0, 0.1) is 12.7 Å². The highest BCUT2D eigenvalue weighted by Gasteiger charge is 2.29. The zero-order chi connectivity index (χ0) is 18.1. The molecular weight excluding hydrogens is 349 g/mol. The third kappa shape index (κ3) is 3.53. The van der Waals surface area contributed by atoms with Crippen molar-refractivity contribution in [2.75, 3.05) is 26.2 Å². The predicted octanol–water partition coefficient (Wildman–Crippen LogP) is 3.96. The van der Waals surface area contributed by atoms with Crippen LogP contribution in [0.2, 0.25) is 0 Å². The largest absolute Gasteiger partial charge is 0.335 e. The molecular formula is C20H24FN3OS. The van der Waals surface area contributed by atoms with Gasteiger partial charge in [0.1, 0.15) is 15.7 Å². The first-order chi connectivity index (χ1) is 12.6. The van der Waals surface area contributed by atoms with Crippen LogP contribution in [0.1, 0.15) is 41.0 Å². The van der Waals surface area contributed by atoms with Gasteiger partial charge in [0.15, 0.2) is 0 Å². The number of rotatable bonds is 3. The Labute approximate surface area is 157 Å². The molecule has 138 valence electrons. The van der Waals surface area contributed by atoms with Gasteiger partial charge in [-0.3, -0.25) is 9.69 Å². The van der Waals surface area contributed by atoms with Crippen molar-refractivity contribution in [1.29, 1.82) is 0 Å². The van der Waals surface area contributed by atoms with E-state index in [0.29, 0.717) is 9.88 Å². The molecule has 0 radical (unpaired) electrons. The van der Waals surface area contributed by atoms with Crippen LogP contribution < -0.4 is 0 Å². The van der Waals surface area contributed by atoms with E-state index in [9.17, 15) is 9.18 Å². The SMILES string of the molecule is Cc1nc(-c2cccc(F)c2)sc1C(=O)N1CCN(C2CCCC2)CC1. The van der Waals surface area contributed by atoms with Crippen LogP contribution in [0.15, 0.2) is 24.3 Å². The Bertz CT molecular complexity index is 792. The van der Waals surface area contributed by atoms with Crippen LogP contribution in [0.25, 0.3) is 10.6 Å². The van der Waals surface area contributed by atoms with E-state index in [1.807, 2.05) is 17.9 Å². The summed E-state index contributed by atoms with van der Waals surface area (Å²) in [6.45, 7) is 5.35. The molecule has 4 nitrogen and oxygen atoms in total. The standard InChI is InChI=1S/C20H24FN3OS/c1-14-18(26-19(22-14)15-5-4-6-16(21)13-15)20(25)24-11-9-23(10-12-24)17-7-2-3-8-17/h4-6,13,17H,2-3,7-12H2,1H3. The van der Waals surface area contributed by atoms with Gasteiger partial charge in [0, 0.05) is 37.8 Å². The van der Waals surface area contributed by atoms with Crippen LogP contribution in [0.4, 0.5) is 4.39 Å². The van der Waals surface area contributed by atoms with Crippen LogP contribution in [-0.4, -0.2) is 52.9 Å². The highest BCUT2D eigenvalue weighted by atomic mass is 32.1. The van der Waals surface area contributed by atoms with Gasteiger partial charge < -0.3 is 4.90 Å². The minimum atomic E-state index is -0.286. The molecule has 2 fully saturated rings. The van der Waals surface area contributed by atoms with E-state index in [-0.39, 0.29) is 11.7 Å². The maximum Gasteiger partial charge on any atom is 0.265 e. The van der Waals surface area contributed by atoms with Crippen LogP contribution in [0.5, 0.6) is 0 Å². The number of thiazole rings is 1. The summed E-state index contributed by atoms with van der Waals surface area (Å²) in [5, 5.41) is 0.704. The summed E-state index contributed by atoms with van der Waals surface area (Å²) in [6, 6.07) is 7.10. The number of benzene rings is 1. The number of nitrogens with zero attached hydrogens (tertiary/aromatic N) is 3. The number of carbonyl (C=O) groups is 1. The number of halogens is 1. The van der Waals surface area contributed by atoms with Crippen molar-refractivity contribution in [3.05, 3.63) is 40.7 Å². The number of hydrogen-bond acceptors (Lipinski definition) is 4. The first-order valence-corrected chi connectivity index (χ1v) is 10.2. The van der Waals surface area contributed by atoms with Crippen LogP contribution in [-0.2, 0) is 0 Å². The fraction of sp³-hybridized carbons (Fsp3) is 0.500. The lowest BCUT2D eigenvalue weighted by molar-refractivity contribution is 0.0577. The summed E-state index contributed by atoms with van der Waals surface area (Å²) in [5.74, 6) is -0.222. The predicted molar refractivity (Wildman–Crippen MR) is 102 cm³/mol. The van der Waals surface area contributed by atoms with Gasteiger partial charge in [0.2, 0.25) is 0 Å². The topological polar surface area (TPSA) is 36.4 Å². The molecule has 1 aliphatic heterocycles. The highest BCUT2D eigenvalue weighted by molar-refractivity contribution is 7.17. The summed E-state index contributed by atoms with van der Waals surface area (Å²) in [5.41, 5.74) is 1.46. The van der Waals surface area contributed by atoms with Gasteiger partial charge in [-0.2, -0.15) is 0 Å². The number of amides is 1. The van der Waals surface area contributed by atoms with E-state index < -0.39 is 0 Å². The number of hydrogen-bond donors (Lipinski definition) is 0. The summed E-state index contributed by atoms with van der Waals surface area (Å²) in [4.78, 5) is 22.6. The molecule has 0 spiro atoms. The second-order valence-electron chi connectivity index (χ2n) is 7.21. The first kappa shape index (κ1) is 17.6. The lowest BCUT2D eigenvalue weighted by Gasteiger charge is -2.37. The quantitative estimate of drug-likeness (QED) is 0.817. The van der Waals surface area contributed by atoms with Crippen molar-refractivity contribution in [1.82, 2.24) is 14.8 Å². The Balaban J connectivity index is 1.45. The van der Waals surface area contributed by atoms with E-state index in [0.717, 1.165) is 43.5 Å². The van der Waals surface area contributed by atoms with Crippen molar-refractivity contribution >= 4 is 17.2 Å².